The molecule has 0 unspecified atom stereocenters. The summed E-state index contributed by atoms with van der Waals surface area (Å²) >= 11 is 3.34. The van der Waals surface area contributed by atoms with E-state index < -0.39 is 34.5 Å². The van der Waals surface area contributed by atoms with Crippen LogP contribution in [0, 0.1) is 16.0 Å². The Hall–Kier alpha value is -4.18. The van der Waals surface area contributed by atoms with E-state index >= 15 is 0 Å². The topological polar surface area (TPSA) is 113 Å². The number of hydrogen-bond donors (Lipinski definition) is 0. The minimum atomic E-state index is -1.11. The van der Waals surface area contributed by atoms with Crippen LogP contribution in [0.25, 0.3) is 0 Å². The number of halogens is 1. The van der Waals surface area contributed by atoms with Gasteiger partial charge >= 0.3 is 0 Å². The van der Waals surface area contributed by atoms with E-state index in [1.165, 1.54) is 29.3 Å². The Bertz CT molecular complexity index is 1360. The maximum atomic E-state index is 13.5. The number of benzene rings is 3. The molecule has 2 heterocycles. The summed E-state index contributed by atoms with van der Waals surface area (Å²) < 4.78 is 0.782. The highest BCUT2D eigenvalue weighted by molar-refractivity contribution is 9.10. The highest BCUT2D eigenvalue weighted by atomic mass is 79.9. The highest BCUT2D eigenvalue weighted by Crippen LogP contribution is 2.39. The number of carbonyl (C=O) groups is 3. The first kappa shape index (κ1) is 21.7. The lowest BCUT2D eigenvalue weighted by molar-refractivity contribution is -0.384. The van der Waals surface area contributed by atoms with E-state index in [2.05, 4.69) is 21.0 Å². The molecular weight excluding hydrogens is 504 g/mol. The van der Waals surface area contributed by atoms with Crippen LogP contribution in [0.4, 0.5) is 17.1 Å². The molecule has 1 saturated heterocycles. The zero-order valence-electron chi connectivity index (χ0n) is 17.4. The predicted octanol–water partition coefficient (Wildman–Crippen LogP) is 3.97. The van der Waals surface area contributed by atoms with Crippen molar-refractivity contribution in [1.29, 1.82) is 0 Å². The first-order chi connectivity index (χ1) is 16.4. The van der Waals surface area contributed by atoms with Gasteiger partial charge in [0.1, 0.15) is 17.7 Å². The van der Waals surface area contributed by atoms with Crippen LogP contribution in [0.3, 0.4) is 0 Å². The molecule has 168 valence electrons. The van der Waals surface area contributed by atoms with Crippen molar-refractivity contribution in [2.24, 2.45) is 11.0 Å². The highest BCUT2D eigenvalue weighted by Gasteiger charge is 2.58. The number of imide groups is 1. The molecule has 9 nitrogen and oxygen atoms in total. The van der Waals surface area contributed by atoms with Crippen LogP contribution >= 0.6 is 15.9 Å². The van der Waals surface area contributed by atoms with E-state index in [0.717, 1.165) is 9.37 Å². The van der Waals surface area contributed by atoms with E-state index in [1.54, 1.807) is 54.6 Å². The van der Waals surface area contributed by atoms with Gasteiger partial charge in [0.2, 0.25) is 11.7 Å². The number of carbonyl (C=O) groups excluding carboxylic acids is 3. The molecule has 0 aliphatic carbocycles. The lowest BCUT2D eigenvalue weighted by atomic mass is 9.92. The molecule has 34 heavy (non-hydrogen) atoms. The summed E-state index contributed by atoms with van der Waals surface area (Å²) in [5.41, 5.74) is 0.896. The summed E-state index contributed by atoms with van der Waals surface area (Å²) in [6.45, 7) is 0. The number of nitro groups is 1. The lowest BCUT2D eigenvalue weighted by Crippen LogP contribution is -2.39. The summed E-state index contributed by atoms with van der Waals surface area (Å²) in [5.74, 6) is -2.65. The Morgan fingerprint density at radius 3 is 2.12 bits per heavy atom. The number of Topliss-reactive ketones (excluding diaryl/α,β-unsaturated/α-hetero) is 1. The van der Waals surface area contributed by atoms with Crippen LogP contribution in [0.2, 0.25) is 0 Å². The van der Waals surface area contributed by atoms with Gasteiger partial charge in [0.25, 0.3) is 11.6 Å². The van der Waals surface area contributed by atoms with Crippen molar-refractivity contribution < 1.29 is 19.3 Å². The molecule has 2 aliphatic rings. The summed E-state index contributed by atoms with van der Waals surface area (Å²) in [5, 5.41) is 16.7. The van der Waals surface area contributed by atoms with E-state index in [9.17, 15) is 24.5 Å². The minimum absolute atomic E-state index is 0.0486. The lowest BCUT2D eigenvalue weighted by Gasteiger charge is -2.22. The quantitative estimate of drug-likeness (QED) is 0.218. The summed E-state index contributed by atoms with van der Waals surface area (Å²) in [6, 6.07) is 19.4. The fourth-order valence-corrected chi connectivity index (χ4v) is 4.39. The number of anilines is 2. The third-order valence-electron chi connectivity index (χ3n) is 5.73. The van der Waals surface area contributed by atoms with Crippen LogP contribution < -0.4 is 9.91 Å². The summed E-state index contributed by atoms with van der Waals surface area (Å²) in [7, 11) is 0. The second-order valence-corrected chi connectivity index (χ2v) is 8.62. The van der Waals surface area contributed by atoms with Crippen molar-refractivity contribution in [1.82, 2.24) is 0 Å². The maximum absolute atomic E-state index is 13.5. The standard InChI is InChI=1S/C24H15BrN4O5/c25-15-6-8-16(9-7-15)27-23(31)19-20(22(30)14-4-2-1-3-5-14)26-28(21(19)24(27)32)17-10-12-18(13-11-17)29(33)34/h1-13,19,21H/t19-,21-/m1/s1. The number of ketones is 1. The summed E-state index contributed by atoms with van der Waals surface area (Å²) in [4.78, 5) is 51.9. The van der Waals surface area contributed by atoms with E-state index in [-0.39, 0.29) is 11.4 Å². The zero-order chi connectivity index (χ0) is 24.0. The molecule has 10 heteroatoms. The molecule has 5 rings (SSSR count). The van der Waals surface area contributed by atoms with Crippen LogP contribution in [0.15, 0.2) is 88.4 Å². The van der Waals surface area contributed by atoms with Crippen LogP contribution in [-0.4, -0.2) is 34.3 Å². The predicted molar refractivity (Wildman–Crippen MR) is 128 cm³/mol. The number of amides is 2. The number of rotatable bonds is 5. The normalized spacial score (nSPS) is 19.3. The average Bonchev–Trinajstić information content (AvgIpc) is 3.36. The Labute approximate surface area is 201 Å². The molecule has 0 bridgehead atoms. The van der Waals surface area contributed by atoms with Crippen LogP contribution in [-0.2, 0) is 9.59 Å². The number of hydrazone groups is 1. The van der Waals surface area contributed by atoms with Gasteiger partial charge in [0, 0.05) is 22.2 Å². The number of nitro benzene ring substituents is 1. The SMILES string of the molecule is O=C(C1=NN(c2ccc([N+](=O)[O-])cc2)[C@H]2C(=O)N(c3ccc(Br)cc3)C(=O)[C@H]12)c1ccccc1. The molecule has 0 radical (unpaired) electrons. The number of non-ortho nitro benzene ring substituents is 1. The van der Waals surface area contributed by atoms with Gasteiger partial charge in [-0.25, -0.2) is 4.90 Å². The maximum Gasteiger partial charge on any atom is 0.269 e. The van der Waals surface area contributed by atoms with Gasteiger partial charge in [-0.3, -0.25) is 29.5 Å². The molecule has 3 aromatic rings. The third-order valence-corrected chi connectivity index (χ3v) is 6.26. The minimum Gasteiger partial charge on any atom is -0.287 e. The fourth-order valence-electron chi connectivity index (χ4n) is 4.12. The molecule has 0 aromatic heterocycles. The van der Waals surface area contributed by atoms with E-state index in [1.807, 2.05) is 0 Å². The Morgan fingerprint density at radius 1 is 0.882 bits per heavy atom. The number of hydrogen-bond acceptors (Lipinski definition) is 7. The van der Waals surface area contributed by atoms with Gasteiger partial charge in [0.15, 0.2) is 0 Å². The van der Waals surface area contributed by atoms with Crippen molar-refractivity contribution in [3.05, 3.63) is 99.0 Å². The molecule has 2 aliphatic heterocycles. The van der Waals surface area contributed by atoms with Crippen molar-refractivity contribution in [3.63, 3.8) is 0 Å². The molecule has 0 spiro atoms. The molecule has 3 aromatic carbocycles. The largest absolute Gasteiger partial charge is 0.287 e. The molecular formula is C24H15BrN4O5. The van der Waals surface area contributed by atoms with E-state index in [4.69, 9.17) is 0 Å². The van der Waals surface area contributed by atoms with Gasteiger partial charge < -0.3 is 0 Å². The zero-order valence-corrected chi connectivity index (χ0v) is 19.0. The molecule has 0 saturated carbocycles. The van der Waals surface area contributed by atoms with Crippen molar-refractivity contribution >= 4 is 56.3 Å². The molecule has 0 N–H and O–H groups in total. The van der Waals surface area contributed by atoms with E-state index in [0.29, 0.717) is 16.9 Å². The van der Waals surface area contributed by atoms with Crippen molar-refractivity contribution in [2.75, 3.05) is 9.91 Å². The number of nitrogens with zero attached hydrogens (tertiary/aromatic N) is 4. The van der Waals surface area contributed by atoms with Crippen molar-refractivity contribution in [2.45, 2.75) is 6.04 Å². The Balaban J connectivity index is 1.60. The first-order valence-corrected chi connectivity index (χ1v) is 11.0. The second-order valence-electron chi connectivity index (χ2n) is 7.71. The molecule has 2 atom stereocenters. The van der Waals surface area contributed by atoms with Gasteiger partial charge in [-0.15, -0.1) is 0 Å². The third kappa shape index (κ3) is 3.48. The summed E-state index contributed by atoms with van der Waals surface area (Å²) in [6.07, 6.45) is 0. The van der Waals surface area contributed by atoms with Gasteiger partial charge in [-0.05, 0) is 36.4 Å². The molecule has 1 fully saturated rings. The Kier molecular flexibility index (Phi) is 5.29. The molecule has 2 amide bonds. The van der Waals surface area contributed by atoms with Gasteiger partial charge in [-0.2, -0.15) is 5.10 Å². The fraction of sp³-hybridized carbons (Fsp3) is 0.0833. The smallest absolute Gasteiger partial charge is 0.269 e. The van der Waals surface area contributed by atoms with Crippen LogP contribution in [0.5, 0.6) is 0 Å². The van der Waals surface area contributed by atoms with Gasteiger partial charge in [0.05, 0.1) is 16.3 Å². The second kappa shape index (κ2) is 8.31. The van der Waals surface area contributed by atoms with Crippen LogP contribution in [0.1, 0.15) is 10.4 Å². The first-order valence-electron chi connectivity index (χ1n) is 10.2. The average molecular weight is 519 g/mol. The van der Waals surface area contributed by atoms with Crippen molar-refractivity contribution in [3.8, 4) is 0 Å². The number of fused-ring (bicyclic) bond motifs is 1. The van der Waals surface area contributed by atoms with Gasteiger partial charge in [-0.1, -0.05) is 46.3 Å². The Morgan fingerprint density at radius 2 is 1.50 bits per heavy atom. The monoisotopic (exact) mass is 518 g/mol.